The lowest BCUT2D eigenvalue weighted by molar-refractivity contribution is 0.0951. The fourth-order valence-electron chi connectivity index (χ4n) is 2.29. The van der Waals surface area contributed by atoms with Crippen LogP contribution < -0.4 is 10.0 Å². The number of carbonyl (C=O) groups excluding carboxylic acids is 1. The number of benzene rings is 1. The number of pyridine rings is 2. The minimum Gasteiger partial charge on any atom is -0.348 e. The van der Waals surface area contributed by atoms with Gasteiger partial charge in [-0.05, 0) is 67.3 Å². The van der Waals surface area contributed by atoms with Crippen LogP contribution in [0.25, 0.3) is 0 Å². The summed E-state index contributed by atoms with van der Waals surface area (Å²) >= 11 is 1.47. The van der Waals surface area contributed by atoms with Crippen LogP contribution in [0, 0.1) is 13.8 Å². The number of amides is 1. The van der Waals surface area contributed by atoms with E-state index in [9.17, 15) is 4.79 Å². The lowest BCUT2D eigenvalue weighted by atomic mass is 10.1. The van der Waals surface area contributed by atoms with Crippen molar-refractivity contribution in [1.29, 1.82) is 0 Å². The van der Waals surface area contributed by atoms with Gasteiger partial charge in [-0.15, -0.1) is 0 Å². The maximum absolute atomic E-state index is 12.4. The first-order valence-corrected chi connectivity index (χ1v) is 9.07. The van der Waals surface area contributed by atoms with Gasteiger partial charge in [-0.25, -0.2) is 0 Å². The Hall–Kier alpha value is -2.86. The van der Waals surface area contributed by atoms with Gasteiger partial charge in [-0.1, -0.05) is 12.1 Å². The van der Waals surface area contributed by atoms with Crippen molar-refractivity contribution in [3.8, 4) is 0 Å². The summed E-state index contributed by atoms with van der Waals surface area (Å²) < 4.78 is 3.30. The fraction of sp³-hybridized carbons (Fsp3) is 0.150. The van der Waals surface area contributed by atoms with E-state index >= 15 is 0 Å². The van der Waals surface area contributed by atoms with Crippen molar-refractivity contribution in [2.75, 3.05) is 4.72 Å². The molecule has 5 nitrogen and oxygen atoms in total. The van der Waals surface area contributed by atoms with E-state index in [2.05, 4.69) is 20.0 Å². The van der Waals surface area contributed by atoms with Gasteiger partial charge >= 0.3 is 0 Å². The fourth-order valence-corrected chi connectivity index (χ4v) is 2.98. The highest BCUT2D eigenvalue weighted by atomic mass is 32.2. The zero-order valence-electron chi connectivity index (χ0n) is 14.7. The average Bonchev–Trinajstić information content (AvgIpc) is 2.67. The maximum Gasteiger partial charge on any atom is 0.251 e. The number of rotatable bonds is 6. The molecule has 6 heteroatoms. The Morgan fingerprint density at radius 3 is 2.73 bits per heavy atom. The molecule has 0 fully saturated rings. The summed E-state index contributed by atoms with van der Waals surface area (Å²) in [4.78, 5) is 21.8. The molecule has 2 N–H and O–H groups in total. The quantitative estimate of drug-likeness (QED) is 0.644. The van der Waals surface area contributed by atoms with E-state index in [0.717, 1.165) is 27.4 Å². The number of hydrogen-bond donors (Lipinski definition) is 2. The van der Waals surface area contributed by atoms with Gasteiger partial charge in [0.05, 0.1) is 0 Å². The van der Waals surface area contributed by atoms with Crippen molar-refractivity contribution < 1.29 is 4.79 Å². The van der Waals surface area contributed by atoms with Gasteiger partial charge < -0.3 is 10.0 Å². The zero-order chi connectivity index (χ0) is 18.4. The van der Waals surface area contributed by atoms with Crippen LogP contribution in [0.1, 0.15) is 27.2 Å². The first kappa shape index (κ1) is 17.9. The van der Waals surface area contributed by atoms with Gasteiger partial charge in [-0.3, -0.25) is 14.8 Å². The highest BCUT2D eigenvalue weighted by molar-refractivity contribution is 8.00. The summed E-state index contributed by atoms with van der Waals surface area (Å²) in [6, 6.07) is 13.4. The molecule has 2 aromatic heterocycles. The number of nitrogens with zero attached hydrogens (tertiary/aromatic N) is 2. The van der Waals surface area contributed by atoms with Gasteiger partial charge in [0.15, 0.2) is 0 Å². The lowest BCUT2D eigenvalue weighted by Gasteiger charge is -2.11. The van der Waals surface area contributed by atoms with Crippen molar-refractivity contribution in [2.24, 2.45) is 0 Å². The summed E-state index contributed by atoms with van der Waals surface area (Å²) in [7, 11) is 0. The monoisotopic (exact) mass is 364 g/mol. The van der Waals surface area contributed by atoms with Crippen LogP contribution in [0.5, 0.6) is 0 Å². The van der Waals surface area contributed by atoms with Crippen molar-refractivity contribution in [3.05, 3.63) is 83.4 Å². The van der Waals surface area contributed by atoms with Gasteiger partial charge in [0.25, 0.3) is 5.91 Å². The van der Waals surface area contributed by atoms with Gasteiger partial charge in [0, 0.05) is 47.0 Å². The summed E-state index contributed by atoms with van der Waals surface area (Å²) in [5, 5.41) is 2.92. The molecule has 1 aromatic carbocycles. The molecule has 3 aromatic rings. The molecule has 0 saturated carbocycles. The molecule has 0 spiro atoms. The normalized spacial score (nSPS) is 10.4. The van der Waals surface area contributed by atoms with Crippen molar-refractivity contribution >= 4 is 23.5 Å². The predicted molar refractivity (Wildman–Crippen MR) is 105 cm³/mol. The number of aryl methyl sites for hydroxylation is 2. The van der Waals surface area contributed by atoms with E-state index in [1.807, 2.05) is 62.5 Å². The van der Waals surface area contributed by atoms with Crippen LogP contribution >= 0.6 is 11.9 Å². The topological polar surface area (TPSA) is 66.9 Å². The molecule has 0 atom stereocenters. The predicted octanol–water partition coefficient (Wildman–Crippen LogP) is 4.14. The molecule has 132 valence electrons. The summed E-state index contributed by atoms with van der Waals surface area (Å²) in [5.41, 5.74) is 4.54. The summed E-state index contributed by atoms with van der Waals surface area (Å²) in [6.45, 7) is 4.42. The van der Waals surface area contributed by atoms with E-state index in [-0.39, 0.29) is 5.91 Å². The van der Waals surface area contributed by atoms with Crippen LogP contribution in [0.4, 0.5) is 5.69 Å². The van der Waals surface area contributed by atoms with E-state index in [1.165, 1.54) is 11.9 Å². The molecule has 3 rings (SSSR count). The van der Waals surface area contributed by atoms with Gasteiger partial charge in [0.2, 0.25) is 0 Å². The Kier molecular flexibility index (Phi) is 5.86. The number of aromatic nitrogens is 2. The van der Waals surface area contributed by atoms with E-state index in [1.54, 1.807) is 12.4 Å². The van der Waals surface area contributed by atoms with Crippen LogP contribution in [-0.2, 0) is 6.54 Å². The van der Waals surface area contributed by atoms with Crippen molar-refractivity contribution in [3.63, 3.8) is 0 Å². The molecule has 0 aliphatic rings. The van der Waals surface area contributed by atoms with E-state index < -0.39 is 0 Å². The first-order valence-electron chi connectivity index (χ1n) is 8.25. The largest absolute Gasteiger partial charge is 0.348 e. The molecule has 2 heterocycles. The molecule has 26 heavy (non-hydrogen) atoms. The van der Waals surface area contributed by atoms with Gasteiger partial charge in [0.1, 0.15) is 0 Å². The van der Waals surface area contributed by atoms with Crippen LogP contribution in [0.2, 0.25) is 0 Å². The Morgan fingerprint density at radius 2 is 2.00 bits per heavy atom. The zero-order valence-corrected chi connectivity index (χ0v) is 15.5. The van der Waals surface area contributed by atoms with E-state index in [0.29, 0.717) is 12.1 Å². The smallest absolute Gasteiger partial charge is 0.251 e. The summed E-state index contributed by atoms with van der Waals surface area (Å²) in [6.07, 6.45) is 5.28. The first-order chi connectivity index (χ1) is 12.6. The van der Waals surface area contributed by atoms with Crippen molar-refractivity contribution in [1.82, 2.24) is 15.3 Å². The second-order valence-corrected chi connectivity index (χ2v) is 6.79. The molecule has 0 aliphatic heterocycles. The molecule has 0 saturated heterocycles. The minimum absolute atomic E-state index is 0.112. The number of carbonyl (C=O) groups is 1. The second-order valence-electron chi connectivity index (χ2n) is 5.91. The summed E-state index contributed by atoms with van der Waals surface area (Å²) in [5.74, 6) is -0.112. The standard InChI is InChI=1S/C20H20N4OS/c1-14-5-7-17(20(25)23-12-16-4-3-9-21-11-16)10-19(14)24-26-18-8-6-15(2)22-13-18/h3-11,13,24H,12H2,1-2H3,(H,23,25). The van der Waals surface area contributed by atoms with Crippen molar-refractivity contribution in [2.45, 2.75) is 25.3 Å². The lowest BCUT2D eigenvalue weighted by Crippen LogP contribution is -2.22. The Labute approximate surface area is 157 Å². The molecular formula is C20H20N4OS. The van der Waals surface area contributed by atoms with E-state index in [4.69, 9.17) is 0 Å². The molecule has 0 aliphatic carbocycles. The third-order valence-electron chi connectivity index (χ3n) is 3.84. The Morgan fingerprint density at radius 1 is 1.12 bits per heavy atom. The average molecular weight is 364 g/mol. The van der Waals surface area contributed by atoms with Gasteiger partial charge in [-0.2, -0.15) is 0 Å². The Bertz CT molecular complexity index is 882. The highest BCUT2D eigenvalue weighted by Crippen LogP contribution is 2.24. The molecule has 1 amide bonds. The third-order valence-corrected chi connectivity index (χ3v) is 4.64. The molecule has 0 unspecified atom stereocenters. The SMILES string of the molecule is Cc1ccc(SNc2cc(C(=O)NCc3cccnc3)ccc2C)cn1. The Balaban J connectivity index is 1.64. The second kappa shape index (κ2) is 8.49. The maximum atomic E-state index is 12.4. The number of hydrogen-bond acceptors (Lipinski definition) is 5. The van der Waals surface area contributed by atoms with Crippen LogP contribution in [0.15, 0.2) is 66.0 Å². The van der Waals surface area contributed by atoms with Crippen LogP contribution in [0.3, 0.4) is 0 Å². The van der Waals surface area contributed by atoms with Crippen LogP contribution in [-0.4, -0.2) is 15.9 Å². The minimum atomic E-state index is -0.112. The number of anilines is 1. The third kappa shape index (κ3) is 4.83. The highest BCUT2D eigenvalue weighted by Gasteiger charge is 2.08. The molecule has 0 radical (unpaired) electrons. The molecular weight excluding hydrogens is 344 g/mol. The molecule has 0 bridgehead atoms. The number of nitrogens with one attached hydrogen (secondary N) is 2.